The first kappa shape index (κ1) is 22.8. The third-order valence-electron chi connectivity index (χ3n) is 5.57. The number of nitrogens with zero attached hydrogens (tertiary/aromatic N) is 2. The standard InChI is InChI=1S/C20H21Cl2F3N4OS/c21-13-8-14(29-5-4-10(9-29)20(30)26-12-6-11(23)7-12)17(22)18(25)19(13)31-28-16-3-1-2-15(24)27-16/h1-3,8,10-12,20,26,30H,4-7,9H2,(H,27,28). The van der Waals surface area contributed by atoms with E-state index in [1.165, 1.54) is 12.1 Å². The number of nitrogens with one attached hydrogen (secondary N) is 2. The fraction of sp³-hybridized carbons (Fsp3) is 0.450. The molecule has 0 spiro atoms. The molecule has 0 radical (unpaired) electrons. The monoisotopic (exact) mass is 492 g/mol. The van der Waals surface area contributed by atoms with Gasteiger partial charge in [-0.25, -0.2) is 13.8 Å². The highest BCUT2D eigenvalue weighted by Gasteiger charge is 2.35. The van der Waals surface area contributed by atoms with Gasteiger partial charge in [0, 0.05) is 25.0 Å². The number of alkyl halides is 1. The highest BCUT2D eigenvalue weighted by atomic mass is 35.5. The highest BCUT2D eigenvalue weighted by molar-refractivity contribution is 8.00. The van der Waals surface area contributed by atoms with E-state index in [1.54, 1.807) is 12.1 Å². The molecule has 1 saturated heterocycles. The summed E-state index contributed by atoms with van der Waals surface area (Å²) in [6.45, 7) is 1.04. The molecule has 11 heteroatoms. The number of anilines is 2. The van der Waals surface area contributed by atoms with Crippen molar-refractivity contribution in [2.75, 3.05) is 22.7 Å². The predicted molar refractivity (Wildman–Crippen MR) is 117 cm³/mol. The Morgan fingerprint density at radius 1 is 1.26 bits per heavy atom. The minimum Gasteiger partial charge on any atom is -0.378 e. The average molecular weight is 493 g/mol. The quantitative estimate of drug-likeness (QED) is 0.218. The molecule has 1 aliphatic carbocycles. The number of hydrogen-bond acceptors (Lipinski definition) is 6. The maximum atomic E-state index is 15.0. The number of benzene rings is 1. The lowest BCUT2D eigenvalue weighted by Gasteiger charge is -2.34. The number of aromatic nitrogens is 1. The van der Waals surface area contributed by atoms with Crippen LogP contribution in [0.15, 0.2) is 29.2 Å². The zero-order valence-corrected chi connectivity index (χ0v) is 18.6. The predicted octanol–water partition coefficient (Wildman–Crippen LogP) is 5.02. The Labute approximate surface area is 192 Å². The van der Waals surface area contributed by atoms with Gasteiger partial charge in [0.25, 0.3) is 0 Å². The van der Waals surface area contributed by atoms with Crippen molar-refractivity contribution in [1.29, 1.82) is 0 Å². The van der Waals surface area contributed by atoms with Gasteiger partial charge in [0.1, 0.15) is 23.2 Å². The van der Waals surface area contributed by atoms with Crippen LogP contribution in [-0.4, -0.2) is 41.6 Å². The Morgan fingerprint density at radius 2 is 2.03 bits per heavy atom. The summed E-state index contributed by atoms with van der Waals surface area (Å²) in [7, 11) is 0. The van der Waals surface area contributed by atoms with Crippen molar-refractivity contribution >= 4 is 46.7 Å². The Bertz CT molecular complexity index is 951. The van der Waals surface area contributed by atoms with Gasteiger partial charge in [-0.15, -0.1) is 0 Å². The van der Waals surface area contributed by atoms with Gasteiger partial charge in [0.05, 0.1) is 15.6 Å². The molecule has 2 aliphatic rings. The molecule has 4 rings (SSSR count). The summed E-state index contributed by atoms with van der Waals surface area (Å²) in [4.78, 5) is 5.60. The summed E-state index contributed by atoms with van der Waals surface area (Å²) < 4.78 is 43.9. The van der Waals surface area contributed by atoms with Gasteiger partial charge >= 0.3 is 0 Å². The lowest BCUT2D eigenvalue weighted by molar-refractivity contribution is 0.0379. The molecule has 3 N–H and O–H groups in total. The van der Waals surface area contributed by atoms with E-state index in [0.717, 1.165) is 11.9 Å². The Balaban J connectivity index is 1.42. The third-order valence-corrected chi connectivity index (χ3v) is 7.25. The van der Waals surface area contributed by atoms with Gasteiger partial charge < -0.3 is 14.7 Å². The number of aliphatic hydroxyl groups is 1. The summed E-state index contributed by atoms with van der Waals surface area (Å²) in [5, 5.41) is 13.5. The van der Waals surface area contributed by atoms with Crippen LogP contribution in [0.3, 0.4) is 0 Å². The molecule has 5 nitrogen and oxygen atoms in total. The van der Waals surface area contributed by atoms with Gasteiger partial charge in [0.15, 0.2) is 5.82 Å². The SMILES string of the molecule is OC(NC1CC(F)C1)C1CCN(c2cc(Cl)c(SNc3cccc(F)n3)c(F)c2Cl)C1. The molecule has 31 heavy (non-hydrogen) atoms. The second kappa shape index (κ2) is 9.62. The molecule has 1 aliphatic heterocycles. The van der Waals surface area contributed by atoms with Crippen LogP contribution in [0.2, 0.25) is 10.0 Å². The zero-order chi connectivity index (χ0) is 22.1. The van der Waals surface area contributed by atoms with E-state index >= 15 is 0 Å². The number of halogens is 5. The van der Waals surface area contributed by atoms with Crippen LogP contribution in [0.25, 0.3) is 0 Å². The van der Waals surface area contributed by atoms with E-state index in [9.17, 15) is 18.3 Å². The number of aliphatic hydroxyl groups excluding tert-OH is 1. The molecule has 2 heterocycles. The van der Waals surface area contributed by atoms with Gasteiger partial charge in [-0.05, 0) is 49.4 Å². The minimum atomic E-state index is -0.795. The van der Waals surface area contributed by atoms with E-state index in [0.29, 0.717) is 38.0 Å². The molecule has 2 aromatic rings. The molecule has 2 fully saturated rings. The number of rotatable bonds is 7. The lowest BCUT2D eigenvalue weighted by atomic mass is 9.90. The highest BCUT2D eigenvalue weighted by Crippen LogP contribution is 2.41. The van der Waals surface area contributed by atoms with Crippen molar-refractivity contribution in [1.82, 2.24) is 10.3 Å². The third kappa shape index (κ3) is 5.17. The van der Waals surface area contributed by atoms with Crippen molar-refractivity contribution in [2.45, 2.75) is 42.6 Å². The first-order valence-electron chi connectivity index (χ1n) is 9.88. The zero-order valence-electron chi connectivity index (χ0n) is 16.3. The smallest absolute Gasteiger partial charge is 0.214 e. The first-order valence-corrected chi connectivity index (χ1v) is 11.4. The lowest BCUT2D eigenvalue weighted by Crippen LogP contribution is -2.50. The molecule has 1 saturated carbocycles. The molecule has 0 bridgehead atoms. The van der Waals surface area contributed by atoms with E-state index in [4.69, 9.17) is 23.2 Å². The van der Waals surface area contributed by atoms with E-state index in [2.05, 4.69) is 15.0 Å². The van der Waals surface area contributed by atoms with Crippen LogP contribution >= 0.6 is 35.1 Å². The second-order valence-corrected chi connectivity index (χ2v) is 9.36. The maximum absolute atomic E-state index is 15.0. The van der Waals surface area contributed by atoms with E-state index in [-0.39, 0.29) is 32.7 Å². The van der Waals surface area contributed by atoms with Crippen molar-refractivity contribution < 1.29 is 18.3 Å². The molecular formula is C20H21Cl2F3N4OS. The number of hydrogen-bond donors (Lipinski definition) is 3. The van der Waals surface area contributed by atoms with Gasteiger partial charge in [0.2, 0.25) is 5.95 Å². The van der Waals surface area contributed by atoms with Crippen LogP contribution in [0.4, 0.5) is 24.7 Å². The van der Waals surface area contributed by atoms with Crippen LogP contribution in [0.5, 0.6) is 0 Å². The van der Waals surface area contributed by atoms with Crippen LogP contribution in [0, 0.1) is 17.7 Å². The largest absolute Gasteiger partial charge is 0.378 e. The minimum absolute atomic E-state index is 0.00841. The molecule has 0 amide bonds. The number of pyridine rings is 1. The fourth-order valence-electron chi connectivity index (χ4n) is 3.78. The summed E-state index contributed by atoms with van der Waals surface area (Å²) >= 11 is 13.5. The summed E-state index contributed by atoms with van der Waals surface area (Å²) in [6, 6.07) is 5.80. The fourth-order valence-corrected chi connectivity index (χ4v) is 5.08. The second-order valence-electron chi connectivity index (χ2n) is 7.76. The van der Waals surface area contributed by atoms with Crippen molar-refractivity contribution in [3.63, 3.8) is 0 Å². The molecule has 1 aromatic heterocycles. The van der Waals surface area contributed by atoms with Gasteiger partial charge in [-0.3, -0.25) is 5.32 Å². The van der Waals surface area contributed by atoms with Gasteiger partial charge in [-0.2, -0.15) is 4.39 Å². The summed E-state index contributed by atoms with van der Waals surface area (Å²) in [6.07, 6.45) is -0.0499. The summed E-state index contributed by atoms with van der Waals surface area (Å²) in [5.74, 6) is -1.22. The molecule has 1 aromatic carbocycles. The maximum Gasteiger partial charge on any atom is 0.214 e. The average Bonchev–Trinajstić information content (AvgIpc) is 3.19. The van der Waals surface area contributed by atoms with Crippen LogP contribution < -0.4 is 14.9 Å². The molecule has 2 atom stereocenters. The summed E-state index contributed by atoms with van der Waals surface area (Å²) in [5.41, 5.74) is 0.444. The Kier molecular flexibility index (Phi) is 7.07. The normalized spacial score (nSPS) is 24.2. The van der Waals surface area contributed by atoms with Crippen molar-refractivity contribution in [2.24, 2.45) is 5.92 Å². The molecule has 2 unspecified atom stereocenters. The van der Waals surface area contributed by atoms with E-state index in [1.807, 2.05) is 4.90 Å². The van der Waals surface area contributed by atoms with Gasteiger partial charge in [-0.1, -0.05) is 29.3 Å². The topological polar surface area (TPSA) is 60.4 Å². The Hall–Kier alpha value is -1.39. The van der Waals surface area contributed by atoms with Crippen molar-refractivity contribution in [3.8, 4) is 0 Å². The van der Waals surface area contributed by atoms with E-state index < -0.39 is 24.2 Å². The van der Waals surface area contributed by atoms with Crippen molar-refractivity contribution in [3.05, 3.63) is 46.1 Å². The molecular weight excluding hydrogens is 472 g/mol. The Morgan fingerprint density at radius 3 is 2.74 bits per heavy atom. The van der Waals surface area contributed by atoms with Crippen LogP contribution in [0.1, 0.15) is 19.3 Å². The van der Waals surface area contributed by atoms with Crippen LogP contribution in [-0.2, 0) is 0 Å². The molecule has 168 valence electrons. The first-order chi connectivity index (χ1) is 14.8.